The van der Waals surface area contributed by atoms with Gasteiger partial charge in [-0.3, -0.25) is 0 Å². The van der Waals surface area contributed by atoms with Crippen LogP contribution in [0.2, 0.25) is 0 Å². The van der Waals surface area contributed by atoms with Gasteiger partial charge in [0.25, 0.3) is 0 Å². The predicted octanol–water partition coefficient (Wildman–Crippen LogP) is 5.89. The average Bonchev–Trinajstić information content (AvgIpc) is 3.37. The van der Waals surface area contributed by atoms with Crippen LogP contribution in [0.5, 0.6) is 0 Å². The molecule has 1 unspecified atom stereocenters. The lowest BCUT2D eigenvalue weighted by Crippen LogP contribution is -2.17. The van der Waals surface area contributed by atoms with E-state index >= 15 is 0 Å². The molecule has 1 aromatic heterocycles. The summed E-state index contributed by atoms with van der Waals surface area (Å²) >= 11 is 0. The Balaban J connectivity index is 1.78. The second-order valence-corrected chi connectivity index (χ2v) is 7.09. The van der Waals surface area contributed by atoms with E-state index in [2.05, 4.69) is 10.1 Å². The molecule has 4 rings (SSSR count). The molecule has 0 spiro atoms. The van der Waals surface area contributed by atoms with E-state index in [0.29, 0.717) is 22.4 Å². The molecule has 166 valence electrons. The fourth-order valence-electron chi connectivity index (χ4n) is 3.22. The molecule has 0 aliphatic carbocycles. The van der Waals surface area contributed by atoms with Gasteiger partial charge in [-0.05, 0) is 41.5 Å². The lowest BCUT2D eigenvalue weighted by molar-refractivity contribution is -0.137. The number of benzene rings is 3. The summed E-state index contributed by atoms with van der Waals surface area (Å²) in [6.07, 6.45) is -0.966. The van der Waals surface area contributed by atoms with Gasteiger partial charge in [0, 0.05) is 0 Å². The van der Waals surface area contributed by atoms with Gasteiger partial charge in [0.05, 0.1) is 16.8 Å². The Morgan fingerprint density at radius 1 is 0.909 bits per heavy atom. The van der Waals surface area contributed by atoms with Crippen LogP contribution < -0.4 is 0 Å². The summed E-state index contributed by atoms with van der Waals surface area (Å²) in [6, 6.07) is 22.2. The average molecular weight is 449 g/mol. The minimum atomic E-state index is -4.44. The fourth-order valence-corrected chi connectivity index (χ4v) is 3.22. The zero-order chi connectivity index (χ0) is 23.3. The molecule has 0 fully saturated rings. The molecule has 4 aromatic rings. The van der Waals surface area contributed by atoms with Crippen LogP contribution >= 0.6 is 0 Å². The number of nitrogens with zero attached hydrogens (tertiary/aromatic N) is 3. The molecule has 0 bridgehead atoms. The highest BCUT2D eigenvalue weighted by Gasteiger charge is 2.30. The van der Waals surface area contributed by atoms with Crippen molar-refractivity contribution in [2.75, 3.05) is 0 Å². The zero-order valence-electron chi connectivity index (χ0n) is 17.2. The molecule has 1 heterocycles. The normalized spacial score (nSPS) is 12.9. The Kier molecular flexibility index (Phi) is 6.35. The fraction of sp³-hybridized carbons (Fsp3) is 0.0800. The molecule has 0 N–H and O–H groups in total. The maximum absolute atomic E-state index is 13.0. The topological polar surface area (TPSA) is 57.0 Å². The second-order valence-electron chi connectivity index (χ2n) is 7.09. The van der Waals surface area contributed by atoms with Crippen LogP contribution in [0.4, 0.5) is 13.2 Å². The molecule has 33 heavy (non-hydrogen) atoms. The van der Waals surface area contributed by atoms with Gasteiger partial charge < -0.3 is 4.74 Å². The summed E-state index contributed by atoms with van der Waals surface area (Å²) in [7, 11) is 0. The quantitative estimate of drug-likeness (QED) is 0.344. The summed E-state index contributed by atoms with van der Waals surface area (Å²) < 4.78 is 46.2. The Morgan fingerprint density at radius 3 is 2.12 bits per heavy atom. The first-order valence-corrected chi connectivity index (χ1v) is 9.96. The third kappa shape index (κ3) is 5.35. The van der Waals surface area contributed by atoms with E-state index in [-0.39, 0.29) is 0 Å². The standard InChI is InChI=1S/C25H18F3N3O2/c26-25(27,28)21-13-11-18(12-14-21)15-22(31-17-29-16-30-31)23(19-7-3-1-4-8-19)33-24(32)20-9-5-2-6-10-20/h1-17,23H/b22-15+. The SMILES string of the molecule is O=C(OC(/C(=C\c1ccc(C(F)(F)F)cc1)n1cncn1)c1ccccc1)c1ccccc1. The molecule has 0 saturated heterocycles. The van der Waals surface area contributed by atoms with E-state index in [1.807, 2.05) is 6.07 Å². The van der Waals surface area contributed by atoms with Crippen LogP contribution in [0.15, 0.2) is 97.6 Å². The highest BCUT2D eigenvalue weighted by molar-refractivity contribution is 5.90. The summed E-state index contributed by atoms with van der Waals surface area (Å²) in [5, 5.41) is 4.16. The predicted molar refractivity (Wildman–Crippen MR) is 117 cm³/mol. The van der Waals surface area contributed by atoms with Gasteiger partial charge in [-0.25, -0.2) is 14.5 Å². The number of hydrogen-bond acceptors (Lipinski definition) is 4. The van der Waals surface area contributed by atoms with Crippen molar-refractivity contribution >= 4 is 17.7 Å². The van der Waals surface area contributed by atoms with Crippen LogP contribution in [0.3, 0.4) is 0 Å². The van der Waals surface area contributed by atoms with Gasteiger partial charge in [0.1, 0.15) is 12.7 Å². The summed E-state index contributed by atoms with van der Waals surface area (Å²) in [5.74, 6) is -0.553. The van der Waals surface area contributed by atoms with Gasteiger partial charge in [-0.15, -0.1) is 0 Å². The molecular formula is C25H18F3N3O2. The van der Waals surface area contributed by atoms with Crippen molar-refractivity contribution in [3.63, 3.8) is 0 Å². The number of carbonyl (C=O) groups is 1. The smallest absolute Gasteiger partial charge is 0.416 e. The molecule has 0 aliphatic rings. The minimum Gasteiger partial charge on any atom is -0.447 e. The second kappa shape index (κ2) is 9.52. The molecule has 0 aliphatic heterocycles. The van der Waals surface area contributed by atoms with Crippen LogP contribution in [0, 0.1) is 0 Å². The van der Waals surface area contributed by atoms with Crippen molar-refractivity contribution in [3.05, 3.63) is 120 Å². The van der Waals surface area contributed by atoms with E-state index in [1.165, 1.54) is 29.5 Å². The largest absolute Gasteiger partial charge is 0.447 e. The number of halogens is 3. The Labute approximate surface area is 187 Å². The molecule has 8 heteroatoms. The Bertz CT molecular complexity index is 1220. The van der Waals surface area contributed by atoms with Gasteiger partial charge in [-0.2, -0.15) is 18.3 Å². The van der Waals surface area contributed by atoms with Gasteiger partial charge >= 0.3 is 12.1 Å². The van der Waals surface area contributed by atoms with E-state index in [4.69, 9.17) is 4.74 Å². The molecule has 0 saturated carbocycles. The van der Waals surface area contributed by atoms with Gasteiger partial charge in [0.2, 0.25) is 0 Å². The maximum atomic E-state index is 13.0. The number of carbonyl (C=O) groups excluding carboxylic acids is 1. The van der Waals surface area contributed by atoms with E-state index < -0.39 is 23.8 Å². The number of aromatic nitrogens is 3. The van der Waals surface area contributed by atoms with Crippen LogP contribution in [-0.4, -0.2) is 20.7 Å². The maximum Gasteiger partial charge on any atom is 0.416 e. The lowest BCUT2D eigenvalue weighted by Gasteiger charge is -2.22. The summed E-state index contributed by atoms with van der Waals surface area (Å²) in [6.45, 7) is 0. The first kappa shape index (κ1) is 22.0. The van der Waals surface area contributed by atoms with Crippen molar-refractivity contribution in [2.24, 2.45) is 0 Å². The number of alkyl halides is 3. The highest BCUT2D eigenvalue weighted by Crippen LogP contribution is 2.33. The summed E-state index contributed by atoms with van der Waals surface area (Å²) in [5.41, 5.74) is 1.16. The highest BCUT2D eigenvalue weighted by atomic mass is 19.4. The van der Waals surface area contributed by atoms with Crippen molar-refractivity contribution in [2.45, 2.75) is 12.3 Å². The van der Waals surface area contributed by atoms with Gasteiger partial charge in [0.15, 0.2) is 6.10 Å². The molecular weight excluding hydrogens is 431 g/mol. The van der Waals surface area contributed by atoms with Crippen molar-refractivity contribution in [1.29, 1.82) is 0 Å². The third-order valence-electron chi connectivity index (χ3n) is 4.84. The molecule has 0 amide bonds. The van der Waals surface area contributed by atoms with E-state index in [0.717, 1.165) is 12.1 Å². The molecule has 5 nitrogen and oxygen atoms in total. The number of ether oxygens (including phenoxy) is 1. The number of hydrogen-bond donors (Lipinski definition) is 0. The van der Waals surface area contributed by atoms with E-state index in [1.54, 1.807) is 60.7 Å². The van der Waals surface area contributed by atoms with Crippen LogP contribution in [-0.2, 0) is 10.9 Å². The van der Waals surface area contributed by atoms with Crippen molar-refractivity contribution in [3.8, 4) is 0 Å². The number of esters is 1. The zero-order valence-corrected chi connectivity index (χ0v) is 17.2. The van der Waals surface area contributed by atoms with Crippen LogP contribution in [0.25, 0.3) is 11.8 Å². The van der Waals surface area contributed by atoms with Crippen molar-refractivity contribution in [1.82, 2.24) is 14.8 Å². The van der Waals surface area contributed by atoms with Gasteiger partial charge in [-0.1, -0.05) is 60.7 Å². The first-order chi connectivity index (χ1) is 15.9. The Hall–Kier alpha value is -4.20. The minimum absolute atomic E-state index is 0.367. The monoisotopic (exact) mass is 449 g/mol. The first-order valence-electron chi connectivity index (χ1n) is 9.96. The summed E-state index contributed by atoms with van der Waals surface area (Å²) in [4.78, 5) is 16.9. The van der Waals surface area contributed by atoms with E-state index in [9.17, 15) is 18.0 Å². The lowest BCUT2D eigenvalue weighted by atomic mass is 10.0. The third-order valence-corrected chi connectivity index (χ3v) is 4.84. The molecule has 3 aromatic carbocycles. The molecule has 1 atom stereocenters. The van der Waals surface area contributed by atoms with Crippen molar-refractivity contribution < 1.29 is 22.7 Å². The van der Waals surface area contributed by atoms with Crippen LogP contribution in [0.1, 0.15) is 33.2 Å². The molecule has 0 radical (unpaired) electrons. The Morgan fingerprint density at radius 2 is 1.55 bits per heavy atom. The number of rotatable bonds is 6.